The van der Waals surface area contributed by atoms with Crippen molar-refractivity contribution in [3.8, 4) is 11.6 Å². The highest BCUT2D eigenvalue weighted by Crippen LogP contribution is 2.25. The first kappa shape index (κ1) is 14.5. The van der Waals surface area contributed by atoms with Crippen LogP contribution in [0.15, 0.2) is 30.9 Å². The first-order valence-corrected chi connectivity index (χ1v) is 6.98. The van der Waals surface area contributed by atoms with Crippen molar-refractivity contribution in [2.75, 3.05) is 13.2 Å². The van der Waals surface area contributed by atoms with E-state index < -0.39 is 0 Å². The summed E-state index contributed by atoms with van der Waals surface area (Å²) in [6.45, 7) is 7.51. The molecule has 0 aliphatic rings. The van der Waals surface area contributed by atoms with Gasteiger partial charge in [0.05, 0.1) is 24.8 Å². The molecule has 0 saturated carbocycles. The maximum Gasteiger partial charge on any atom is 0.213 e. The molecule has 0 saturated heterocycles. The standard InChI is InChI=1S/C15H22N4O/c1-4-20-15-6-5-12(8-18-15)19-10-17-9-14(19)13(7-16)11(2)3/h5-6,8-11,13H,4,7,16H2,1-3H3. The van der Waals surface area contributed by atoms with Crippen molar-refractivity contribution in [2.24, 2.45) is 11.7 Å². The summed E-state index contributed by atoms with van der Waals surface area (Å²) >= 11 is 0. The van der Waals surface area contributed by atoms with Crippen molar-refractivity contribution in [1.29, 1.82) is 0 Å². The van der Waals surface area contributed by atoms with E-state index in [0.717, 1.165) is 11.4 Å². The molecule has 108 valence electrons. The zero-order valence-electron chi connectivity index (χ0n) is 12.3. The lowest BCUT2D eigenvalue weighted by molar-refractivity contribution is 0.327. The van der Waals surface area contributed by atoms with E-state index in [1.54, 1.807) is 12.5 Å². The third-order valence-electron chi connectivity index (χ3n) is 3.40. The SMILES string of the molecule is CCOc1ccc(-n2cncc2C(CN)C(C)C)cn1. The van der Waals surface area contributed by atoms with Crippen LogP contribution in [0.2, 0.25) is 0 Å². The van der Waals surface area contributed by atoms with E-state index in [1.807, 2.05) is 29.8 Å². The van der Waals surface area contributed by atoms with Crippen molar-refractivity contribution >= 4 is 0 Å². The van der Waals surface area contributed by atoms with Gasteiger partial charge in [-0.3, -0.25) is 0 Å². The molecule has 2 aromatic rings. The molecule has 2 rings (SSSR count). The summed E-state index contributed by atoms with van der Waals surface area (Å²) in [7, 11) is 0. The van der Waals surface area contributed by atoms with Gasteiger partial charge < -0.3 is 15.0 Å². The van der Waals surface area contributed by atoms with Gasteiger partial charge in [-0.05, 0) is 18.9 Å². The Morgan fingerprint density at radius 2 is 2.10 bits per heavy atom. The van der Waals surface area contributed by atoms with Gasteiger partial charge in [0.1, 0.15) is 0 Å². The van der Waals surface area contributed by atoms with E-state index in [0.29, 0.717) is 24.9 Å². The predicted octanol–water partition coefficient (Wildman–Crippen LogP) is 2.36. The molecule has 5 heteroatoms. The van der Waals surface area contributed by atoms with E-state index in [2.05, 4.69) is 23.8 Å². The number of hydrogen-bond donors (Lipinski definition) is 1. The molecule has 0 aliphatic heterocycles. The van der Waals surface area contributed by atoms with Gasteiger partial charge in [-0.2, -0.15) is 0 Å². The summed E-state index contributed by atoms with van der Waals surface area (Å²) in [5.74, 6) is 1.38. The van der Waals surface area contributed by atoms with Gasteiger partial charge in [0, 0.05) is 30.4 Å². The van der Waals surface area contributed by atoms with Gasteiger partial charge in [0.25, 0.3) is 0 Å². The number of pyridine rings is 1. The Morgan fingerprint density at radius 1 is 1.30 bits per heavy atom. The third kappa shape index (κ3) is 2.99. The van der Waals surface area contributed by atoms with Gasteiger partial charge in [0.2, 0.25) is 5.88 Å². The maximum atomic E-state index is 5.90. The summed E-state index contributed by atoms with van der Waals surface area (Å²) in [5.41, 5.74) is 7.99. The normalized spacial score (nSPS) is 12.7. The highest BCUT2D eigenvalue weighted by Gasteiger charge is 2.19. The van der Waals surface area contributed by atoms with Crippen LogP contribution in [0.5, 0.6) is 5.88 Å². The second kappa shape index (κ2) is 6.52. The van der Waals surface area contributed by atoms with Gasteiger partial charge in [-0.25, -0.2) is 9.97 Å². The van der Waals surface area contributed by atoms with Crippen LogP contribution in [0.25, 0.3) is 5.69 Å². The van der Waals surface area contributed by atoms with Gasteiger partial charge in [-0.1, -0.05) is 13.8 Å². The van der Waals surface area contributed by atoms with E-state index in [4.69, 9.17) is 10.5 Å². The van der Waals surface area contributed by atoms with Crippen LogP contribution < -0.4 is 10.5 Å². The lowest BCUT2D eigenvalue weighted by atomic mass is 9.93. The number of rotatable bonds is 6. The van der Waals surface area contributed by atoms with E-state index in [-0.39, 0.29) is 5.92 Å². The summed E-state index contributed by atoms with van der Waals surface area (Å²) in [4.78, 5) is 8.55. The lowest BCUT2D eigenvalue weighted by Gasteiger charge is -2.20. The Bertz CT molecular complexity index is 533. The Hall–Kier alpha value is -1.88. The third-order valence-corrected chi connectivity index (χ3v) is 3.40. The maximum absolute atomic E-state index is 5.90. The average Bonchev–Trinajstić information content (AvgIpc) is 2.89. The van der Waals surface area contributed by atoms with Crippen molar-refractivity contribution in [3.63, 3.8) is 0 Å². The molecule has 1 atom stereocenters. The molecular weight excluding hydrogens is 252 g/mol. The van der Waals surface area contributed by atoms with Crippen molar-refractivity contribution in [2.45, 2.75) is 26.7 Å². The van der Waals surface area contributed by atoms with Crippen molar-refractivity contribution in [3.05, 3.63) is 36.5 Å². The molecule has 2 aromatic heterocycles. The molecule has 0 spiro atoms. The Balaban J connectivity index is 2.31. The smallest absolute Gasteiger partial charge is 0.213 e. The number of nitrogens with two attached hydrogens (primary N) is 1. The largest absolute Gasteiger partial charge is 0.478 e. The Kier molecular flexibility index (Phi) is 4.74. The van der Waals surface area contributed by atoms with E-state index in [9.17, 15) is 0 Å². The first-order chi connectivity index (χ1) is 9.67. The zero-order chi connectivity index (χ0) is 14.5. The fraction of sp³-hybridized carbons (Fsp3) is 0.467. The summed E-state index contributed by atoms with van der Waals surface area (Å²) in [5, 5.41) is 0. The van der Waals surface area contributed by atoms with Crippen LogP contribution >= 0.6 is 0 Å². The molecule has 5 nitrogen and oxygen atoms in total. The molecule has 0 amide bonds. The second-order valence-electron chi connectivity index (χ2n) is 5.06. The minimum atomic E-state index is 0.282. The molecular formula is C15H22N4O. The Labute approximate surface area is 119 Å². The van der Waals surface area contributed by atoms with Crippen LogP contribution in [0, 0.1) is 5.92 Å². The first-order valence-electron chi connectivity index (χ1n) is 6.98. The molecule has 0 bridgehead atoms. The van der Waals surface area contributed by atoms with Crippen LogP contribution in [0.3, 0.4) is 0 Å². The molecule has 0 radical (unpaired) electrons. The van der Waals surface area contributed by atoms with Crippen LogP contribution in [-0.4, -0.2) is 27.7 Å². The number of ether oxygens (including phenoxy) is 1. The predicted molar refractivity (Wildman–Crippen MR) is 79.2 cm³/mol. The highest BCUT2D eigenvalue weighted by molar-refractivity contribution is 5.34. The number of aromatic nitrogens is 3. The van der Waals surface area contributed by atoms with Crippen molar-refractivity contribution < 1.29 is 4.74 Å². The average molecular weight is 274 g/mol. The monoisotopic (exact) mass is 274 g/mol. The zero-order valence-corrected chi connectivity index (χ0v) is 12.3. The van der Waals surface area contributed by atoms with Gasteiger partial charge in [-0.15, -0.1) is 0 Å². The van der Waals surface area contributed by atoms with Crippen LogP contribution in [-0.2, 0) is 0 Å². The number of nitrogens with zero attached hydrogens (tertiary/aromatic N) is 3. The fourth-order valence-corrected chi connectivity index (χ4v) is 2.28. The lowest BCUT2D eigenvalue weighted by Crippen LogP contribution is -2.20. The van der Waals surface area contributed by atoms with Gasteiger partial charge >= 0.3 is 0 Å². The van der Waals surface area contributed by atoms with Gasteiger partial charge in [0.15, 0.2) is 0 Å². The Morgan fingerprint density at radius 3 is 2.65 bits per heavy atom. The topological polar surface area (TPSA) is 66.0 Å². The number of hydrogen-bond acceptors (Lipinski definition) is 4. The quantitative estimate of drug-likeness (QED) is 0.878. The highest BCUT2D eigenvalue weighted by atomic mass is 16.5. The van der Waals surface area contributed by atoms with E-state index in [1.165, 1.54) is 0 Å². The minimum Gasteiger partial charge on any atom is -0.478 e. The molecule has 2 N–H and O–H groups in total. The molecule has 20 heavy (non-hydrogen) atoms. The van der Waals surface area contributed by atoms with Crippen LogP contribution in [0.1, 0.15) is 32.4 Å². The molecule has 1 unspecified atom stereocenters. The fourth-order valence-electron chi connectivity index (χ4n) is 2.28. The van der Waals surface area contributed by atoms with Crippen LogP contribution in [0.4, 0.5) is 0 Å². The molecule has 0 aliphatic carbocycles. The molecule has 0 aromatic carbocycles. The molecule has 0 fully saturated rings. The summed E-state index contributed by atoms with van der Waals surface area (Å²) in [6.07, 6.45) is 5.48. The second-order valence-corrected chi connectivity index (χ2v) is 5.06. The summed E-state index contributed by atoms with van der Waals surface area (Å²) in [6, 6.07) is 3.85. The number of imidazole rings is 1. The van der Waals surface area contributed by atoms with Crippen molar-refractivity contribution in [1.82, 2.24) is 14.5 Å². The van der Waals surface area contributed by atoms with E-state index >= 15 is 0 Å². The minimum absolute atomic E-state index is 0.282. The molecule has 2 heterocycles. The summed E-state index contributed by atoms with van der Waals surface area (Å²) < 4.78 is 7.40.